The topological polar surface area (TPSA) is 201 Å². The number of ether oxygens (including phenoxy) is 9. The molecule has 15 nitrogen and oxygen atoms in total. The molecule has 2 saturated heterocycles. The highest BCUT2D eigenvalue weighted by Gasteiger charge is 2.52. The van der Waals surface area contributed by atoms with Gasteiger partial charge in [0.25, 0.3) is 0 Å². The number of aliphatic hydroxyl groups excluding tert-OH is 5. The zero-order chi connectivity index (χ0) is 35.0. The van der Waals surface area contributed by atoms with Gasteiger partial charge in [0.2, 0.25) is 0 Å². The van der Waals surface area contributed by atoms with Crippen LogP contribution in [-0.4, -0.2) is 135 Å². The van der Waals surface area contributed by atoms with Crippen molar-refractivity contribution in [2.75, 3.05) is 41.7 Å². The SMILES string of the molecule is COc1ccc(/C=C/C(=O)O[C@@H]2[C@H](O[C@@H]3O[C@H](C)[C@H](O)[C@@H](O)[C@H]3O)[C@@H](O)[C@H](OCCc3ccc(OC)c(OC)c3)O[C@@H]2CO)cc1OC. The van der Waals surface area contributed by atoms with Gasteiger partial charge < -0.3 is 68.2 Å². The maximum absolute atomic E-state index is 13.0. The van der Waals surface area contributed by atoms with Gasteiger partial charge in [-0.05, 0) is 54.8 Å². The second-order valence-corrected chi connectivity index (χ2v) is 11.2. The van der Waals surface area contributed by atoms with Crippen LogP contribution in [0.2, 0.25) is 0 Å². The monoisotopic (exact) mass is 680 g/mol. The van der Waals surface area contributed by atoms with Crippen molar-refractivity contribution in [2.45, 2.75) is 74.8 Å². The molecule has 2 aliphatic rings. The van der Waals surface area contributed by atoms with E-state index in [9.17, 15) is 30.3 Å². The van der Waals surface area contributed by atoms with Crippen LogP contribution in [0.1, 0.15) is 18.1 Å². The minimum atomic E-state index is -1.73. The summed E-state index contributed by atoms with van der Waals surface area (Å²) in [6.45, 7) is 0.833. The Morgan fingerprint density at radius 2 is 1.42 bits per heavy atom. The molecular weight excluding hydrogens is 636 g/mol. The molecule has 2 fully saturated rings. The van der Waals surface area contributed by atoms with Gasteiger partial charge in [0, 0.05) is 6.08 Å². The van der Waals surface area contributed by atoms with Gasteiger partial charge in [0.15, 0.2) is 41.7 Å². The molecule has 5 N–H and O–H groups in total. The van der Waals surface area contributed by atoms with E-state index in [-0.39, 0.29) is 6.61 Å². The molecule has 15 heteroatoms. The van der Waals surface area contributed by atoms with Crippen molar-refractivity contribution in [3.8, 4) is 23.0 Å². The fraction of sp³-hybridized carbons (Fsp3) is 0.545. The highest BCUT2D eigenvalue weighted by atomic mass is 16.7. The van der Waals surface area contributed by atoms with Crippen molar-refractivity contribution < 1.29 is 73.0 Å². The summed E-state index contributed by atoms with van der Waals surface area (Å²) in [4.78, 5) is 13.0. The molecule has 2 aromatic rings. The Morgan fingerprint density at radius 3 is 2.06 bits per heavy atom. The number of carbonyl (C=O) groups excluding carboxylic acids is 1. The summed E-state index contributed by atoms with van der Waals surface area (Å²) in [6, 6.07) is 10.3. The zero-order valence-electron chi connectivity index (χ0n) is 27.3. The molecule has 2 aliphatic heterocycles. The number of hydrogen-bond donors (Lipinski definition) is 5. The van der Waals surface area contributed by atoms with Crippen molar-refractivity contribution in [3.05, 3.63) is 53.6 Å². The largest absolute Gasteiger partial charge is 0.493 e. The lowest BCUT2D eigenvalue weighted by atomic mass is 9.97. The standard InChI is InChI=1S/C33H44O15/c1-17-26(36)27(37)28(38)33(45-17)48-31-29(39)32(44-13-12-19-7-10-21(41-3)23(15-19)43-5)46-24(16-34)30(31)47-25(35)11-8-18-6-9-20(40-2)22(14-18)42-4/h6-11,14-15,17,24,26-34,36-39H,12-13,16H2,1-5H3/b11-8+/t17-,24-,26+,27-,28-,29-,30+,31-,32-,33+/m1/s1. The normalized spacial score (nSPS) is 30.5. The van der Waals surface area contributed by atoms with Gasteiger partial charge in [-0.15, -0.1) is 0 Å². The van der Waals surface area contributed by atoms with E-state index < -0.39 is 74.0 Å². The van der Waals surface area contributed by atoms with Gasteiger partial charge in [0.05, 0.1) is 47.8 Å². The van der Waals surface area contributed by atoms with E-state index in [1.54, 1.807) is 30.3 Å². The summed E-state index contributed by atoms with van der Waals surface area (Å²) < 4.78 is 50.0. The average Bonchev–Trinajstić information content (AvgIpc) is 3.10. The van der Waals surface area contributed by atoms with Crippen LogP contribution in [-0.2, 0) is 34.9 Å². The third kappa shape index (κ3) is 8.74. The summed E-state index contributed by atoms with van der Waals surface area (Å²) in [5.41, 5.74) is 1.41. The first kappa shape index (κ1) is 37.3. The van der Waals surface area contributed by atoms with Crippen LogP contribution in [0, 0.1) is 0 Å². The van der Waals surface area contributed by atoms with Gasteiger partial charge in [-0.2, -0.15) is 0 Å². The highest BCUT2D eigenvalue weighted by molar-refractivity contribution is 5.87. The van der Waals surface area contributed by atoms with Crippen LogP contribution in [0.25, 0.3) is 6.08 Å². The number of hydrogen-bond acceptors (Lipinski definition) is 15. The van der Waals surface area contributed by atoms with Gasteiger partial charge >= 0.3 is 5.97 Å². The Labute approximate surface area is 278 Å². The fourth-order valence-corrected chi connectivity index (χ4v) is 5.38. The third-order valence-electron chi connectivity index (χ3n) is 8.09. The minimum Gasteiger partial charge on any atom is -0.493 e. The third-order valence-corrected chi connectivity index (χ3v) is 8.09. The van der Waals surface area contributed by atoms with Crippen molar-refractivity contribution >= 4 is 12.0 Å². The Bertz CT molecular complexity index is 1370. The molecule has 0 spiro atoms. The number of rotatable bonds is 14. The zero-order valence-corrected chi connectivity index (χ0v) is 27.3. The number of aliphatic hydroxyl groups is 5. The highest BCUT2D eigenvalue weighted by Crippen LogP contribution is 2.33. The number of carbonyl (C=O) groups is 1. The smallest absolute Gasteiger partial charge is 0.331 e. The quantitative estimate of drug-likeness (QED) is 0.134. The van der Waals surface area contributed by atoms with Crippen molar-refractivity contribution in [1.82, 2.24) is 0 Å². The molecule has 0 amide bonds. The van der Waals surface area contributed by atoms with Gasteiger partial charge in [-0.3, -0.25) is 0 Å². The number of benzene rings is 2. The molecule has 0 bridgehead atoms. The molecule has 10 atom stereocenters. The van der Waals surface area contributed by atoms with Crippen molar-refractivity contribution in [3.63, 3.8) is 0 Å². The number of esters is 1. The maximum atomic E-state index is 13.0. The molecule has 266 valence electrons. The van der Waals surface area contributed by atoms with Crippen LogP contribution < -0.4 is 18.9 Å². The summed E-state index contributed by atoms with van der Waals surface area (Å²) in [7, 11) is 6.01. The van der Waals surface area contributed by atoms with Crippen molar-refractivity contribution in [1.29, 1.82) is 0 Å². The minimum absolute atomic E-state index is 0.0467. The molecule has 2 aromatic carbocycles. The van der Waals surface area contributed by atoms with Crippen LogP contribution in [0.4, 0.5) is 0 Å². The van der Waals surface area contributed by atoms with Gasteiger partial charge in [-0.25, -0.2) is 4.79 Å². The molecule has 2 heterocycles. The summed E-state index contributed by atoms with van der Waals surface area (Å²) >= 11 is 0. The van der Waals surface area contributed by atoms with E-state index in [1.165, 1.54) is 41.4 Å². The average molecular weight is 681 g/mol. The van der Waals surface area contributed by atoms with Gasteiger partial charge in [0.1, 0.15) is 36.6 Å². The molecule has 0 saturated carbocycles. The molecule has 0 unspecified atom stereocenters. The van der Waals surface area contributed by atoms with E-state index >= 15 is 0 Å². The second kappa shape index (κ2) is 17.2. The summed E-state index contributed by atoms with van der Waals surface area (Å²) in [5, 5.41) is 52.8. The predicted molar refractivity (Wildman–Crippen MR) is 167 cm³/mol. The first-order chi connectivity index (χ1) is 23.0. The van der Waals surface area contributed by atoms with Crippen LogP contribution in [0.3, 0.4) is 0 Å². The second-order valence-electron chi connectivity index (χ2n) is 11.2. The lowest BCUT2D eigenvalue weighted by Gasteiger charge is -2.46. The lowest BCUT2D eigenvalue weighted by molar-refractivity contribution is -0.357. The first-order valence-corrected chi connectivity index (χ1v) is 15.3. The van der Waals surface area contributed by atoms with Crippen LogP contribution >= 0.6 is 0 Å². The van der Waals surface area contributed by atoms with E-state index in [1.807, 2.05) is 6.07 Å². The van der Waals surface area contributed by atoms with E-state index in [0.717, 1.165) is 11.6 Å². The van der Waals surface area contributed by atoms with Gasteiger partial charge in [-0.1, -0.05) is 12.1 Å². The number of methoxy groups -OCH3 is 4. The Balaban J connectivity index is 1.52. The van der Waals surface area contributed by atoms with Crippen molar-refractivity contribution in [2.24, 2.45) is 0 Å². The molecule has 4 rings (SSSR count). The predicted octanol–water partition coefficient (Wildman–Crippen LogP) is 0.196. The molecule has 0 aliphatic carbocycles. The first-order valence-electron chi connectivity index (χ1n) is 15.3. The Hall–Kier alpha value is -3.51. The van der Waals surface area contributed by atoms with E-state index in [4.69, 9.17) is 42.6 Å². The summed E-state index contributed by atoms with van der Waals surface area (Å²) in [5.74, 6) is 1.14. The molecular formula is C33H44O15. The summed E-state index contributed by atoms with van der Waals surface area (Å²) in [6.07, 6.45) is -11.5. The van der Waals surface area contributed by atoms with E-state index in [2.05, 4.69) is 0 Å². The molecule has 48 heavy (non-hydrogen) atoms. The Morgan fingerprint density at radius 1 is 0.771 bits per heavy atom. The van der Waals surface area contributed by atoms with Crippen LogP contribution in [0.15, 0.2) is 42.5 Å². The Kier molecular flexibility index (Phi) is 13.4. The van der Waals surface area contributed by atoms with E-state index in [0.29, 0.717) is 35.0 Å². The molecule has 0 radical (unpaired) electrons. The van der Waals surface area contributed by atoms with Crippen LogP contribution in [0.5, 0.6) is 23.0 Å². The lowest BCUT2D eigenvalue weighted by Crippen LogP contribution is -2.65. The molecule has 0 aromatic heterocycles. The fourth-order valence-electron chi connectivity index (χ4n) is 5.38. The maximum Gasteiger partial charge on any atom is 0.331 e.